The highest BCUT2D eigenvalue weighted by molar-refractivity contribution is 6.31. The van der Waals surface area contributed by atoms with Crippen LogP contribution in [0.5, 0.6) is 0 Å². The van der Waals surface area contributed by atoms with Gasteiger partial charge in [0.15, 0.2) is 17.5 Å². The number of ether oxygens (including phenoxy) is 1. The second-order valence-electron chi connectivity index (χ2n) is 6.30. The van der Waals surface area contributed by atoms with Crippen LogP contribution < -0.4 is 5.32 Å². The topological polar surface area (TPSA) is 79.4 Å². The molecule has 0 unspecified atom stereocenters. The smallest absolute Gasteiger partial charge is 0.256 e. The molecular formula is C20H18ClF3N4O2. The molecule has 6 nitrogen and oxygen atoms in total. The number of amidine groups is 1. The first-order valence-electron chi connectivity index (χ1n) is 9.14. The molecule has 0 bridgehead atoms. The molecule has 30 heavy (non-hydrogen) atoms. The molecule has 158 valence electrons. The predicted molar refractivity (Wildman–Crippen MR) is 108 cm³/mol. The molecule has 0 radical (unpaired) electrons. The summed E-state index contributed by atoms with van der Waals surface area (Å²) in [5, 5.41) is 9.63. The molecule has 0 aliphatic heterocycles. The summed E-state index contributed by atoms with van der Waals surface area (Å²) in [4.78, 5) is 16.8. The van der Waals surface area contributed by atoms with Crippen molar-refractivity contribution in [2.75, 3.05) is 13.2 Å². The summed E-state index contributed by atoms with van der Waals surface area (Å²) < 4.78 is 45.7. The normalized spacial score (nSPS) is 11.8. The first-order valence-corrected chi connectivity index (χ1v) is 9.51. The zero-order valence-electron chi connectivity index (χ0n) is 15.9. The van der Waals surface area contributed by atoms with Crippen LogP contribution in [0.2, 0.25) is 5.02 Å². The number of benzene rings is 2. The highest BCUT2D eigenvalue weighted by Gasteiger charge is 2.14. The van der Waals surface area contributed by atoms with Gasteiger partial charge in [0, 0.05) is 30.6 Å². The van der Waals surface area contributed by atoms with E-state index in [1.165, 1.54) is 12.1 Å². The third-order valence-electron chi connectivity index (χ3n) is 4.17. The fraction of sp³-hybridized carbons (Fsp3) is 0.250. The third kappa shape index (κ3) is 5.17. The fourth-order valence-electron chi connectivity index (χ4n) is 2.68. The van der Waals surface area contributed by atoms with E-state index in [4.69, 9.17) is 16.3 Å². The first kappa shape index (κ1) is 21.8. The number of nitrogens with one attached hydrogen (secondary N) is 2. The molecule has 1 heterocycles. The summed E-state index contributed by atoms with van der Waals surface area (Å²) in [7, 11) is 0. The lowest BCUT2D eigenvalue weighted by molar-refractivity contribution is 0.0975. The number of H-pyrrole nitrogens is 1. The lowest BCUT2D eigenvalue weighted by atomic mass is 10.2. The number of rotatable bonds is 7. The van der Waals surface area contributed by atoms with E-state index >= 15 is 0 Å². The molecule has 2 N–H and O–H groups in total. The number of hydrogen-bond acceptors (Lipinski definition) is 4. The predicted octanol–water partition coefficient (Wildman–Crippen LogP) is 4.91. The van der Waals surface area contributed by atoms with Gasteiger partial charge in [-0.1, -0.05) is 11.6 Å². The van der Waals surface area contributed by atoms with Crippen molar-refractivity contribution < 1.29 is 22.7 Å². The molecule has 3 rings (SSSR count). The Bertz CT molecular complexity index is 1100. The molecular weight excluding hydrogens is 421 g/mol. The van der Waals surface area contributed by atoms with Crippen molar-refractivity contribution in [2.45, 2.75) is 19.8 Å². The molecule has 0 aliphatic rings. The highest BCUT2D eigenvalue weighted by Crippen LogP contribution is 2.28. The van der Waals surface area contributed by atoms with E-state index in [1.807, 2.05) is 6.92 Å². The number of amides is 1. The summed E-state index contributed by atoms with van der Waals surface area (Å²) >= 11 is 5.77. The van der Waals surface area contributed by atoms with Gasteiger partial charge >= 0.3 is 0 Å². The Morgan fingerprint density at radius 2 is 2.00 bits per heavy atom. The van der Waals surface area contributed by atoms with E-state index in [0.717, 1.165) is 18.2 Å². The van der Waals surface area contributed by atoms with Crippen LogP contribution in [0, 0.1) is 17.5 Å². The fourth-order valence-corrected chi connectivity index (χ4v) is 2.85. The lowest BCUT2D eigenvalue weighted by Gasteiger charge is -2.09. The number of fused-ring (bicyclic) bond motifs is 1. The van der Waals surface area contributed by atoms with Gasteiger partial charge in [0.05, 0.1) is 10.5 Å². The molecule has 0 atom stereocenters. The Hall–Kier alpha value is -2.91. The Kier molecular flexibility index (Phi) is 7.07. The highest BCUT2D eigenvalue weighted by atomic mass is 35.5. The number of aromatic amines is 1. The number of aliphatic imine (C=N–C) groups is 1. The van der Waals surface area contributed by atoms with Gasteiger partial charge in [0.2, 0.25) is 0 Å². The van der Waals surface area contributed by atoms with Crippen LogP contribution in [0.25, 0.3) is 10.9 Å². The van der Waals surface area contributed by atoms with Gasteiger partial charge in [-0.2, -0.15) is 5.10 Å². The average molecular weight is 439 g/mol. The summed E-state index contributed by atoms with van der Waals surface area (Å²) in [5.41, 5.74) is 0.400. The molecule has 1 amide bonds. The minimum absolute atomic E-state index is 0.0646. The zero-order chi connectivity index (χ0) is 21.7. The van der Waals surface area contributed by atoms with E-state index in [9.17, 15) is 18.0 Å². The van der Waals surface area contributed by atoms with Crippen LogP contribution in [0.1, 0.15) is 30.1 Å². The van der Waals surface area contributed by atoms with E-state index in [2.05, 4.69) is 20.5 Å². The van der Waals surface area contributed by atoms with E-state index < -0.39 is 23.4 Å². The van der Waals surface area contributed by atoms with Crippen molar-refractivity contribution in [1.82, 2.24) is 15.5 Å². The van der Waals surface area contributed by atoms with E-state index in [-0.39, 0.29) is 22.2 Å². The zero-order valence-corrected chi connectivity index (χ0v) is 16.7. The molecule has 3 aromatic rings. The molecule has 1 aromatic heterocycles. The van der Waals surface area contributed by atoms with Crippen LogP contribution >= 0.6 is 11.6 Å². The van der Waals surface area contributed by atoms with Crippen molar-refractivity contribution in [3.05, 3.63) is 58.4 Å². The summed E-state index contributed by atoms with van der Waals surface area (Å²) in [5.74, 6) is -3.13. The first-order chi connectivity index (χ1) is 14.4. The lowest BCUT2D eigenvalue weighted by Crippen LogP contribution is -2.30. The molecule has 0 spiro atoms. The molecule has 10 heteroatoms. The number of aromatic nitrogens is 2. The van der Waals surface area contributed by atoms with Gasteiger partial charge in [0.25, 0.3) is 5.91 Å². The van der Waals surface area contributed by atoms with Crippen LogP contribution in [-0.4, -0.2) is 35.2 Å². The summed E-state index contributed by atoms with van der Waals surface area (Å²) in [6.45, 7) is 2.83. The minimum atomic E-state index is -1.14. The molecule has 0 fully saturated rings. The van der Waals surface area contributed by atoms with Crippen LogP contribution in [-0.2, 0) is 4.74 Å². The number of carbonyl (C=O) groups excluding carboxylic acids is 1. The number of nitrogens with zero attached hydrogens (tertiary/aromatic N) is 2. The van der Waals surface area contributed by atoms with Gasteiger partial charge in [0.1, 0.15) is 11.7 Å². The largest absolute Gasteiger partial charge is 0.382 e. The van der Waals surface area contributed by atoms with E-state index in [1.54, 1.807) is 0 Å². The van der Waals surface area contributed by atoms with Crippen molar-refractivity contribution in [3.8, 4) is 0 Å². The molecule has 0 saturated carbocycles. The maximum atomic E-state index is 13.9. The van der Waals surface area contributed by atoms with Crippen molar-refractivity contribution in [2.24, 2.45) is 4.99 Å². The minimum Gasteiger partial charge on any atom is -0.382 e. The third-order valence-corrected chi connectivity index (χ3v) is 4.46. The second kappa shape index (κ2) is 9.73. The Morgan fingerprint density at radius 1 is 1.20 bits per heavy atom. The van der Waals surface area contributed by atoms with Crippen molar-refractivity contribution in [1.29, 1.82) is 0 Å². The van der Waals surface area contributed by atoms with Gasteiger partial charge in [-0.15, -0.1) is 0 Å². The second-order valence-corrected chi connectivity index (χ2v) is 6.71. The number of halogens is 4. The molecule has 2 aromatic carbocycles. The molecule has 0 saturated heterocycles. The standard InChI is InChI=1S/C20H18ClF3N4O2/c1-2-30-7-3-4-18(26-20(29)11-5-6-14(22)16(24)8-11)25-19-12-9-15(23)13(21)10-17(12)27-28-19/h5-6,8-10H,2-4,7H2,1H3,(H2,25,26,27,28,29). The number of hydrogen-bond donors (Lipinski definition) is 2. The van der Waals surface area contributed by atoms with Gasteiger partial charge in [-0.05, 0) is 43.7 Å². The Balaban J connectivity index is 1.89. The molecule has 0 aliphatic carbocycles. The van der Waals surface area contributed by atoms with Crippen LogP contribution in [0.4, 0.5) is 19.0 Å². The van der Waals surface area contributed by atoms with Crippen molar-refractivity contribution >= 4 is 40.1 Å². The summed E-state index contributed by atoms with van der Waals surface area (Å²) in [6, 6.07) is 5.39. The Labute approximate surface area is 175 Å². The number of carbonyl (C=O) groups is 1. The van der Waals surface area contributed by atoms with E-state index in [0.29, 0.717) is 37.0 Å². The van der Waals surface area contributed by atoms with Gasteiger partial charge in [-0.3, -0.25) is 9.89 Å². The van der Waals surface area contributed by atoms with Crippen molar-refractivity contribution in [3.63, 3.8) is 0 Å². The Morgan fingerprint density at radius 3 is 2.73 bits per heavy atom. The maximum Gasteiger partial charge on any atom is 0.256 e. The van der Waals surface area contributed by atoms with Crippen LogP contribution in [0.15, 0.2) is 35.3 Å². The average Bonchev–Trinajstić information content (AvgIpc) is 3.09. The SMILES string of the molecule is CCOCCCC(=Nc1n[nH]c2cc(Cl)c(F)cc12)NC(=O)c1ccc(F)c(F)c1. The summed E-state index contributed by atoms with van der Waals surface area (Å²) in [6.07, 6.45) is 0.840. The van der Waals surface area contributed by atoms with Gasteiger partial charge < -0.3 is 10.1 Å². The monoisotopic (exact) mass is 438 g/mol. The van der Waals surface area contributed by atoms with Crippen LogP contribution in [0.3, 0.4) is 0 Å². The van der Waals surface area contributed by atoms with Gasteiger partial charge in [-0.25, -0.2) is 18.2 Å². The maximum absolute atomic E-state index is 13.9. The quantitative estimate of drug-likeness (QED) is 0.312.